The molecule has 0 amide bonds. The highest BCUT2D eigenvalue weighted by atomic mass is 16.4. The van der Waals surface area contributed by atoms with Gasteiger partial charge in [0.2, 0.25) is 0 Å². The summed E-state index contributed by atoms with van der Waals surface area (Å²) in [6, 6.07) is 0. The second kappa shape index (κ2) is 9.08. The van der Waals surface area contributed by atoms with E-state index in [-0.39, 0.29) is 0 Å². The Kier molecular flexibility index (Phi) is 11.0. The number of hydrogen-bond donors (Lipinski definition) is 0. The van der Waals surface area contributed by atoms with Gasteiger partial charge in [-0.05, 0) is 6.42 Å². The summed E-state index contributed by atoms with van der Waals surface area (Å²) in [6.45, 7) is 2.85. The van der Waals surface area contributed by atoms with E-state index in [4.69, 9.17) is 8.05 Å². The van der Waals surface area contributed by atoms with E-state index in [0.29, 0.717) is 6.61 Å². The van der Waals surface area contributed by atoms with E-state index in [2.05, 4.69) is 39.8 Å². The van der Waals surface area contributed by atoms with Crippen LogP contribution in [0, 0.1) is 0 Å². The first-order chi connectivity index (χ1) is 5.41. The number of hydrogen-bond acceptors (Lipinski definition) is 1. The van der Waals surface area contributed by atoms with Crippen LogP contribution in [0.3, 0.4) is 0 Å². The molecule has 2 nitrogen and oxygen atoms in total. The van der Waals surface area contributed by atoms with E-state index < -0.39 is 0 Å². The van der Waals surface area contributed by atoms with Crippen molar-refractivity contribution >= 4 is 8.05 Å². The van der Waals surface area contributed by atoms with Gasteiger partial charge < -0.3 is 9.14 Å². The van der Waals surface area contributed by atoms with E-state index in [1.54, 1.807) is 0 Å². The molecule has 0 aromatic heterocycles. The van der Waals surface area contributed by atoms with Crippen molar-refractivity contribution in [3.05, 3.63) is 0 Å². The van der Waals surface area contributed by atoms with E-state index in [1.165, 1.54) is 12.8 Å². The molecule has 0 aliphatic heterocycles. The summed E-state index contributed by atoms with van der Waals surface area (Å²) >= 11 is 0. The van der Waals surface area contributed by atoms with Crippen molar-refractivity contribution in [2.75, 3.05) is 34.8 Å². The molecule has 0 aromatic rings. The maximum Gasteiger partial charge on any atom is 0.282 e. The van der Waals surface area contributed by atoms with Gasteiger partial charge in [-0.2, -0.15) is 0 Å². The van der Waals surface area contributed by atoms with Gasteiger partial charge in [0.25, 0.3) is 8.05 Å². The lowest BCUT2D eigenvalue weighted by Crippen LogP contribution is -2.27. The zero-order valence-corrected chi connectivity index (χ0v) is 9.26. The summed E-state index contributed by atoms with van der Waals surface area (Å²) in [5.41, 5.74) is 0. The second-order valence-electron chi connectivity index (χ2n) is 4.26. The molecule has 0 bridgehead atoms. The zero-order valence-electron chi connectivity index (χ0n) is 9.26. The maximum atomic E-state index is 4.77. The molecule has 72 valence electrons. The number of rotatable bonds is 4. The van der Waals surface area contributed by atoms with Crippen LogP contribution in [0.25, 0.3) is 0 Å². The third kappa shape index (κ3) is 50.8. The van der Waals surface area contributed by atoms with Gasteiger partial charge in [0, 0.05) is 6.61 Å². The van der Waals surface area contributed by atoms with Crippen molar-refractivity contribution < 1.29 is 9.14 Å². The Morgan fingerprint density at radius 2 is 1.50 bits per heavy atom. The van der Waals surface area contributed by atoms with Crippen LogP contribution in [0.5, 0.6) is 0 Å². The van der Waals surface area contributed by atoms with Crippen molar-refractivity contribution in [3.8, 4) is 0 Å². The molecule has 2 radical (unpaired) electrons. The Labute approximate surface area is 78.9 Å². The minimum Gasteiger partial charge on any atom is -0.448 e. The molecule has 0 aliphatic rings. The molecule has 0 fully saturated rings. The Hall–Kier alpha value is -0.0151. The van der Waals surface area contributed by atoms with E-state index >= 15 is 0 Å². The fourth-order valence-electron chi connectivity index (χ4n) is 0.435. The van der Waals surface area contributed by atoms with Gasteiger partial charge in [0.15, 0.2) is 0 Å². The Morgan fingerprint density at radius 3 is 1.75 bits per heavy atom. The molecular formula is C9H23BNO+. The molecule has 0 saturated carbocycles. The van der Waals surface area contributed by atoms with Crippen LogP contribution in [-0.4, -0.2) is 47.3 Å². The number of unbranched alkanes of at least 4 members (excludes halogenated alkanes) is 2. The van der Waals surface area contributed by atoms with Crippen LogP contribution < -0.4 is 0 Å². The molecule has 0 N–H and O–H groups in total. The largest absolute Gasteiger partial charge is 0.448 e. The first-order valence-corrected chi connectivity index (χ1v) is 4.52. The lowest BCUT2D eigenvalue weighted by molar-refractivity contribution is -0.849. The fraction of sp³-hybridized carbons (Fsp3) is 1.00. The van der Waals surface area contributed by atoms with Crippen LogP contribution in [0.4, 0.5) is 0 Å². The molecule has 0 heterocycles. The van der Waals surface area contributed by atoms with Crippen LogP contribution >= 0.6 is 0 Å². The lowest BCUT2D eigenvalue weighted by Gasteiger charge is -2.14. The van der Waals surface area contributed by atoms with Gasteiger partial charge in [-0.15, -0.1) is 0 Å². The second-order valence-corrected chi connectivity index (χ2v) is 4.26. The van der Waals surface area contributed by atoms with Crippen molar-refractivity contribution in [3.63, 3.8) is 0 Å². The molecule has 0 unspecified atom stereocenters. The summed E-state index contributed by atoms with van der Waals surface area (Å²) in [7, 11) is 13.3. The molecule has 0 aromatic carbocycles. The Bertz CT molecular complexity index is 71.1. The first kappa shape index (κ1) is 14.5. The lowest BCUT2D eigenvalue weighted by atomic mass is 10.3. The van der Waals surface area contributed by atoms with Gasteiger partial charge in [0.1, 0.15) is 0 Å². The minimum atomic E-state index is 0.702. The molecule has 0 atom stereocenters. The predicted octanol–water partition coefficient (Wildman–Crippen LogP) is 1.60. The molecule has 0 saturated heterocycles. The summed E-state index contributed by atoms with van der Waals surface area (Å²) < 4.78 is 5.34. The molecule has 3 heteroatoms. The third-order valence-corrected chi connectivity index (χ3v) is 0.866. The van der Waals surface area contributed by atoms with Crippen LogP contribution in [0.15, 0.2) is 0 Å². The molecular weight excluding hydrogens is 149 g/mol. The van der Waals surface area contributed by atoms with Gasteiger partial charge >= 0.3 is 0 Å². The summed E-state index contributed by atoms with van der Waals surface area (Å²) in [4.78, 5) is 0. The van der Waals surface area contributed by atoms with Crippen molar-refractivity contribution in [2.24, 2.45) is 0 Å². The normalized spacial score (nSPS) is 10.4. The monoisotopic (exact) mass is 172 g/mol. The zero-order chi connectivity index (χ0) is 10.0. The smallest absolute Gasteiger partial charge is 0.282 e. The maximum absolute atomic E-state index is 4.77. The van der Waals surface area contributed by atoms with Gasteiger partial charge in [-0.1, -0.05) is 19.8 Å². The van der Waals surface area contributed by atoms with Gasteiger partial charge in [0.05, 0.1) is 28.2 Å². The van der Waals surface area contributed by atoms with Gasteiger partial charge in [-0.25, -0.2) is 0 Å². The topological polar surface area (TPSA) is 9.23 Å². The number of nitrogens with zero attached hydrogens (tertiary/aromatic N) is 1. The standard InChI is InChI=1S/C5H11BO.C4H12N/c1-2-3-4-5-7-6;1-5(2,3)4/h2-5H2,1H3;1-4H3/q;+1. The van der Waals surface area contributed by atoms with Crippen LogP contribution in [0.1, 0.15) is 26.2 Å². The SMILES string of the molecule is C[N+](C)(C)C.[B]OCCCCC. The first-order valence-electron chi connectivity index (χ1n) is 4.52. The van der Waals surface area contributed by atoms with Crippen molar-refractivity contribution in [1.82, 2.24) is 0 Å². The highest BCUT2D eigenvalue weighted by molar-refractivity contribution is 5.97. The highest BCUT2D eigenvalue weighted by Gasteiger charge is 1.88. The highest BCUT2D eigenvalue weighted by Crippen LogP contribution is 1.91. The van der Waals surface area contributed by atoms with Crippen LogP contribution in [0.2, 0.25) is 0 Å². The Morgan fingerprint density at radius 1 is 1.08 bits per heavy atom. The number of quaternary nitrogens is 1. The van der Waals surface area contributed by atoms with Crippen LogP contribution in [-0.2, 0) is 4.65 Å². The predicted molar refractivity (Wildman–Crippen MR) is 55.2 cm³/mol. The Balaban J connectivity index is 0. The molecule has 0 aliphatic carbocycles. The minimum absolute atomic E-state index is 0.702. The average molecular weight is 172 g/mol. The molecule has 0 rings (SSSR count). The third-order valence-electron chi connectivity index (χ3n) is 0.866. The van der Waals surface area contributed by atoms with E-state index in [0.717, 1.165) is 10.9 Å². The fourth-order valence-corrected chi connectivity index (χ4v) is 0.435. The average Bonchev–Trinajstić information content (AvgIpc) is 1.85. The molecule has 0 spiro atoms. The van der Waals surface area contributed by atoms with E-state index in [1.807, 2.05) is 0 Å². The summed E-state index contributed by atoms with van der Waals surface area (Å²) in [6.07, 6.45) is 3.54. The summed E-state index contributed by atoms with van der Waals surface area (Å²) in [5, 5.41) is 0. The van der Waals surface area contributed by atoms with E-state index in [9.17, 15) is 0 Å². The van der Waals surface area contributed by atoms with Crippen molar-refractivity contribution in [2.45, 2.75) is 26.2 Å². The molecule has 12 heavy (non-hydrogen) atoms. The summed E-state index contributed by atoms with van der Waals surface area (Å²) in [5.74, 6) is 0. The van der Waals surface area contributed by atoms with Gasteiger partial charge in [-0.3, -0.25) is 0 Å². The van der Waals surface area contributed by atoms with Crippen molar-refractivity contribution in [1.29, 1.82) is 0 Å². The quantitative estimate of drug-likeness (QED) is 0.355.